The van der Waals surface area contributed by atoms with Crippen LogP contribution in [0.25, 0.3) is 11.3 Å². The third-order valence-electron chi connectivity index (χ3n) is 5.31. The van der Waals surface area contributed by atoms with Gasteiger partial charge in [-0.15, -0.1) is 23.1 Å². The first-order valence-corrected chi connectivity index (χ1v) is 13.0. The molecule has 7 nitrogen and oxygen atoms in total. The average Bonchev–Trinajstić information content (AvgIpc) is 3.36. The van der Waals surface area contributed by atoms with Gasteiger partial charge in [0.2, 0.25) is 5.91 Å². The van der Waals surface area contributed by atoms with E-state index in [0.29, 0.717) is 22.9 Å². The Kier molecular flexibility index (Phi) is 8.32. The molecule has 3 aromatic carbocycles. The molecule has 0 radical (unpaired) electrons. The molecule has 3 N–H and O–H groups in total. The van der Waals surface area contributed by atoms with Crippen LogP contribution in [0.5, 0.6) is 0 Å². The van der Waals surface area contributed by atoms with E-state index in [2.05, 4.69) is 15.6 Å². The van der Waals surface area contributed by atoms with E-state index >= 15 is 0 Å². The number of carboxylic acid groups (broad SMARTS) is 1. The molecule has 0 aliphatic carbocycles. The molecule has 4 aromatic rings. The molecule has 1 unspecified atom stereocenters. The molecule has 2 amide bonds. The number of carbonyl (C=O) groups is 3. The predicted octanol–water partition coefficient (Wildman–Crippen LogP) is 6.41. The van der Waals surface area contributed by atoms with Gasteiger partial charge in [-0.1, -0.05) is 25.1 Å². The monoisotopic (exact) mass is 535 g/mol. The number of aromatic carboxylic acids is 1. The fourth-order valence-corrected chi connectivity index (χ4v) is 5.21. The highest BCUT2D eigenvalue weighted by Gasteiger charge is 2.20. The highest BCUT2D eigenvalue weighted by Crippen LogP contribution is 2.30. The summed E-state index contributed by atoms with van der Waals surface area (Å²) in [6, 6.07) is 19.0. The number of nitrogens with zero attached hydrogens (tertiary/aromatic N) is 1. The van der Waals surface area contributed by atoms with Crippen LogP contribution in [-0.4, -0.2) is 33.1 Å². The second-order valence-electron chi connectivity index (χ2n) is 7.88. The van der Waals surface area contributed by atoms with Crippen LogP contribution in [0.1, 0.15) is 34.1 Å². The molecular weight excluding hydrogens is 513 g/mol. The summed E-state index contributed by atoms with van der Waals surface area (Å²) in [5, 5.41) is 16.7. The van der Waals surface area contributed by atoms with Crippen molar-refractivity contribution in [3.05, 3.63) is 95.1 Å². The third-order valence-corrected chi connectivity index (χ3v) is 7.43. The number of carboxylic acids is 1. The summed E-state index contributed by atoms with van der Waals surface area (Å²) in [6.07, 6.45) is 0.551. The summed E-state index contributed by atoms with van der Waals surface area (Å²) in [5.74, 6) is -2.26. The van der Waals surface area contributed by atoms with Gasteiger partial charge in [0.05, 0.1) is 22.1 Å². The molecule has 0 saturated heterocycles. The van der Waals surface area contributed by atoms with Crippen molar-refractivity contribution in [2.45, 2.75) is 23.5 Å². The Morgan fingerprint density at radius 1 is 1.00 bits per heavy atom. The molecule has 188 valence electrons. The van der Waals surface area contributed by atoms with Crippen LogP contribution in [0.4, 0.5) is 15.2 Å². The van der Waals surface area contributed by atoms with Crippen LogP contribution >= 0.6 is 23.1 Å². The molecule has 1 aromatic heterocycles. The standard InChI is InChI=1S/C27H22FN3O4S2/c1-2-23(25(33)31-27-30-22(15-36-27)16-10-12-17(28)13-11-16)37-19-7-5-6-18(14-19)29-24(32)20-8-3-4-9-21(20)26(34)35/h3-15,23H,2H2,1H3,(H,29,32)(H,34,35)(H,30,31,33). The van der Waals surface area contributed by atoms with E-state index < -0.39 is 17.1 Å². The van der Waals surface area contributed by atoms with Crippen molar-refractivity contribution in [1.82, 2.24) is 4.98 Å². The van der Waals surface area contributed by atoms with Gasteiger partial charge < -0.3 is 15.7 Å². The number of benzene rings is 3. The average molecular weight is 536 g/mol. The minimum Gasteiger partial charge on any atom is -0.478 e. The molecule has 4 rings (SSSR count). The number of thioether (sulfide) groups is 1. The highest BCUT2D eigenvalue weighted by molar-refractivity contribution is 8.00. The topological polar surface area (TPSA) is 108 Å². The van der Waals surface area contributed by atoms with Gasteiger partial charge in [-0.3, -0.25) is 9.59 Å². The molecule has 0 aliphatic rings. The number of carbonyl (C=O) groups excluding carboxylic acids is 2. The Morgan fingerprint density at radius 3 is 2.43 bits per heavy atom. The van der Waals surface area contributed by atoms with Gasteiger partial charge >= 0.3 is 5.97 Å². The first-order chi connectivity index (χ1) is 17.8. The van der Waals surface area contributed by atoms with Gasteiger partial charge in [0, 0.05) is 21.5 Å². The molecule has 0 spiro atoms. The molecule has 1 heterocycles. The Hall–Kier alpha value is -4.02. The number of aromatic nitrogens is 1. The smallest absolute Gasteiger partial charge is 0.336 e. The number of anilines is 2. The lowest BCUT2D eigenvalue weighted by atomic mass is 10.1. The Balaban J connectivity index is 1.41. The zero-order valence-electron chi connectivity index (χ0n) is 19.6. The SMILES string of the molecule is CCC(Sc1cccc(NC(=O)c2ccccc2C(=O)O)c1)C(=O)Nc1nc(-c2ccc(F)cc2)cs1. The van der Waals surface area contributed by atoms with Gasteiger partial charge in [0.25, 0.3) is 5.91 Å². The van der Waals surface area contributed by atoms with Gasteiger partial charge in [0.15, 0.2) is 5.13 Å². The minimum absolute atomic E-state index is 0.0577. The lowest BCUT2D eigenvalue weighted by Crippen LogP contribution is -2.24. The van der Waals surface area contributed by atoms with E-state index in [1.54, 1.807) is 47.8 Å². The Bertz CT molecular complexity index is 1440. The first-order valence-electron chi connectivity index (χ1n) is 11.3. The van der Waals surface area contributed by atoms with Crippen molar-refractivity contribution in [2.24, 2.45) is 0 Å². The summed E-state index contributed by atoms with van der Waals surface area (Å²) >= 11 is 2.63. The number of rotatable bonds is 9. The predicted molar refractivity (Wildman–Crippen MR) is 144 cm³/mol. The summed E-state index contributed by atoms with van der Waals surface area (Å²) < 4.78 is 13.2. The number of halogens is 1. The van der Waals surface area contributed by atoms with Crippen LogP contribution in [-0.2, 0) is 4.79 Å². The van der Waals surface area contributed by atoms with Crippen molar-refractivity contribution in [3.63, 3.8) is 0 Å². The number of hydrogen-bond donors (Lipinski definition) is 3. The molecule has 0 fully saturated rings. The molecule has 0 bridgehead atoms. The van der Waals surface area contributed by atoms with Gasteiger partial charge in [0.1, 0.15) is 5.82 Å². The van der Waals surface area contributed by atoms with Crippen LogP contribution in [0.15, 0.2) is 83.1 Å². The zero-order valence-corrected chi connectivity index (χ0v) is 21.2. The second kappa shape index (κ2) is 11.8. The normalized spacial score (nSPS) is 11.5. The largest absolute Gasteiger partial charge is 0.478 e. The van der Waals surface area contributed by atoms with Crippen LogP contribution in [0.2, 0.25) is 0 Å². The maximum absolute atomic E-state index is 13.2. The van der Waals surface area contributed by atoms with E-state index in [4.69, 9.17) is 0 Å². The van der Waals surface area contributed by atoms with E-state index in [0.717, 1.165) is 10.5 Å². The lowest BCUT2D eigenvalue weighted by molar-refractivity contribution is -0.115. The number of amides is 2. The molecule has 37 heavy (non-hydrogen) atoms. The van der Waals surface area contributed by atoms with Gasteiger partial charge in [-0.2, -0.15) is 0 Å². The third kappa shape index (κ3) is 6.60. The number of thiazole rings is 1. The van der Waals surface area contributed by atoms with Gasteiger partial charge in [-0.05, 0) is 61.0 Å². The Morgan fingerprint density at radius 2 is 1.73 bits per heavy atom. The highest BCUT2D eigenvalue weighted by atomic mass is 32.2. The Labute approximate surface area is 220 Å². The van der Waals surface area contributed by atoms with Crippen molar-refractivity contribution >= 4 is 51.7 Å². The zero-order chi connectivity index (χ0) is 26.4. The molecule has 0 aliphatic heterocycles. The van der Waals surface area contributed by atoms with Crippen molar-refractivity contribution in [2.75, 3.05) is 10.6 Å². The first kappa shape index (κ1) is 26.1. The van der Waals surface area contributed by atoms with E-state index in [9.17, 15) is 23.9 Å². The number of nitrogens with one attached hydrogen (secondary N) is 2. The number of hydrogen-bond acceptors (Lipinski definition) is 6. The lowest BCUT2D eigenvalue weighted by Gasteiger charge is -2.14. The molecule has 0 saturated carbocycles. The summed E-state index contributed by atoms with van der Waals surface area (Å²) in [7, 11) is 0. The molecular formula is C27H22FN3O4S2. The van der Waals surface area contributed by atoms with E-state index in [-0.39, 0.29) is 22.9 Å². The van der Waals surface area contributed by atoms with Crippen LogP contribution in [0.3, 0.4) is 0 Å². The van der Waals surface area contributed by atoms with Crippen LogP contribution in [0, 0.1) is 5.82 Å². The van der Waals surface area contributed by atoms with Crippen molar-refractivity contribution in [3.8, 4) is 11.3 Å². The van der Waals surface area contributed by atoms with E-state index in [1.165, 1.54) is 47.4 Å². The maximum atomic E-state index is 13.2. The fraction of sp³-hybridized carbons (Fsp3) is 0.111. The fourth-order valence-electron chi connectivity index (χ4n) is 3.47. The maximum Gasteiger partial charge on any atom is 0.336 e. The van der Waals surface area contributed by atoms with Crippen LogP contribution < -0.4 is 10.6 Å². The second-order valence-corrected chi connectivity index (χ2v) is 10.0. The van der Waals surface area contributed by atoms with Crippen molar-refractivity contribution in [1.29, 1.82) is 0 Å². The minimum atomic E-state index is -1.18. The molecule has 1 atom stereocenters. The van der Waals surface area contributed by atoms with E-state index in [1.807, 2.05) is 13.0 Å². The van der Waals surface area contributed by atoms with Gasteiger partial charge in [-0.25, -0.2) is 14.2 Å². The summed E-state index contributed by atoms with van der Waals surface area (Å²) in [6.45, 7) is 1.90. The molecule has 10 heteroatoms. The van der Waals surface area contributed by atoms with Crippen molar-refractivity contribution < 1.29 is 23.9 Å². The summed E-state index contributed by atoms with van der Waals surface area (Å²) in [4.78, 5) is 42.3. The quantitative estimate of drug-likeness (QED) is 0.214. The summed E-state index contributed by atoms with van der Waals surface area (Å²) in [5.41, 5.74) is 1.85.